The van der Waals surface area contributed by atoms with Gasteiger partial charge in [-0.2, -0.15) is 0 Å². The second kappa shape index (κ2) is 11.6. The zero-order valence-corrected chi connectivity index (χ0v) is 14.2. The third-order valence-electron chi connectivity index (χ3n) is 3.31. The molecule has 0 rings (SSSR count). The molecule has 0 aromatic heterocycles. The summed E-state index contributed by atoms with van der Waals surface area (Å²) in [5, 5.41) is 9.29. The van der Waals surface area contributed by atoms with E-state index in [0.29, 0.717) is 18.1 Å². The normalized spacial score (nSPS) is 12.6. The van der Waals surface area contributed by atoms with Crippen molar-refractivity contribution in [3.63, 3.8) is 0 Å². The Morgan fingerprint density at radius 2 is 2.09 bits per heavy atom. The van der Waals surface area contributed by atoms with Gasteiger partial charge in [0.2, 0.25) is 0 Å². The summed E-state index contributed by atoms with van der Waals surface area (Å²) in [5.74, 6) is -0.0887. The van der Waals surface area contributed by atoms with Gasteiger partial charge in [-0.25, -0.2) is 4.79 Å². The summed E-state index contributed by atoms with van der Waals surface area (Å²) in [7, 11) is 1.52. The van der Waals surface area contributed by atoms with E-state index < -0.39 is 5.97 Å². The smallest absolute Gasteiger partial charge is 0.339 e. The first kappa shape index (κ1) is 20.0. The Morgan fingerprint density at radius 3 is 2.55 bits per heavy atom. The van der Waals surface area contributed by atoms with Gasteiger partial charge in [-0.3, -0.25) is 0 Å². The van der Waals surface area contributed by atoms with Gasteiger partial charge in [-0.05, 0) is 18.8 Å². The fourth-order valence-electron chi connectivity index (χ4n) is 1.69. The average molecular weight is 304 g/mol. The van der Waals surface area contributed by atoms with Crippen LogP contribution in [0.2, 0.25) is 0 Å². The molecule has 0 amide bonds. The Balaban J connectivity index is 5.75. The fourth-order valence-corrected chi connectivity index (χ4v) is 1.69. The molecule has 0 fully saturated rings. The highest BCUT2D eigenvalue weighted by molar-refractivity contribution is 5.86. The van der Waals surface area contributed by atoms with Crippen molar-refractivity contribution in [3.8, 4) is 0 Å². The molecule has 0 aliphatic rings. The second-order valence-electron chi connectivity index (χ2n) is 5.15. The highest BCUT2D eigenvalue weighted by Gasteiger charge is 2.09. The summed E-state index contributed by atoms with van der Waals surface area (Å²) < 4.78 is 5.35. The number of carboxylic acid groups (broad SMARTS) is 1. The topological polar surface area (TPSA) is 46.5 Å². The summed E-state index contributed by atoms with van der Waals surface area (Å²) in [6.45, 7) is 9.96. The standard InChI is InChI=1S/C19H28O3/c1-6-9-11-17(19(20)21)14-18(22-5)16(10-7-2)13-12-15(4)8-3/h7,10,12-13,15H,2,6,8-9,11H2,1,3-5H3,(H,20,21)/b13-12-,16-10-. The number of hydrogen-bond donors (Lipinski definition) is 1. The number of carboxylic acids is 1. The molecule has 3 nitrogen and oxygen atoms in total. The lowest BCUT2D eigenvalue weighted by Crippen LogP contribution is -2.01. The minimum absolute atomic E-state index is 0.241. The molecule has 1 atom stereocenters. The molecule has 122 valence electrons. The SMILES string of the molecule is C=C/C=C(/C=C\C(C)CC)C(=C=C(CCCC)C(=O)O)OC. The number of rotatable bonds is 10. The van der Waals surface area contributed by atoms with Crippen LogP contribution in [-0.4, -0.2) is 18.2 Å². The highest BCUT2D eigenvalue weighted by Crippen LogP contribution is 2.16. The van der Waals surface area contributed by atoms with E-state index in [9.17, 15) is 9.90 Å². The third-order valence-corrected chi connectivity index (χ3v) is 3.31. The molecule has 0 aliphatic carbocycles. The first-order chi connectivity index (χ1) is 10.5. The zero-order chi connectivity index (χ0) is 17.0. The van der Waals surface area contributed by atoms with E-state index >= 15 is 0 Å². The van der Waals surface area contributed by atoms with E-state index in [1.54, 1.807) is 12.2 Å². The van der Waals surface area contributed by atoms with Crippen molar-refractivity contribution in [1.82, 2.24) is 0 Å². The molecule has 0 spiro atoms. The number of allylic oxidation sites excluding steroid dienone is 3. The largest absolute Gasteiger partial charge is 0.489 e. The van der Waals surface area contributed by atoms with Gasteiger partial charge in [0.05, 0.1) is 12.7 Å². The van der Waals surface area contributed by atoms with Crippen LogP contribution >= 0.6 is 0 Å². The molecule has 22 heavy (non-hydrogen) atoms. The Kier molecular flexibility index (Phi) is 10.6. The molecule has 0 radical (unpaired) electrons. The van der Waals surface area contributed by atoms with Crippen LogP contribution < -0.4 is 0 Å². The summed E-state index contributed by atoms with van der Waals surface area (Å²) in [5.41, 5.74) is 3.92. The first-order valence-corrected chi connectivity index (χ1v) is 7.78. The van der Waals surface area contributed by atoms with Crippen molar-refractivity contribution in [3.05, 3.63) is 53.5 Å². The first-order valence-electron chi connectivity index (χ1n) is 7.78. The van der Waals surface area contributed by atoms with Crippen molar-refractivity contribution < 1.29 is 14.6 Å². The molecular weight excluding hydrogens is 276 g/mol. The molecule has 0 aromatic rings. The van der Waals surface area contributed by atoms with Gasteiger partial charge in [0, 0.05) is 5.57 Å². The molecule has 3 heteroatoms. The molecule has 0 saturated carbocycles. The van der Waals surface area contributed by atoms with Gasteiger partial charge in [-0.1, -0.05) is 70.2 Å². The van der Waals surface area contributed by atoms with Crippen LogP contribution in [0, 0.1) is 5.92 Å². The predicted octanol–water partition coefficient (Wildman–Crippen LogP) is 5.03. The summed E-state index contributed by atoms with van der Waals surface area (Å²) in [6, 6.07) is 0. The Hall–Kier alpha value is -1.99. The van der Waals surface area contributed by atoms with E-state index in [-0.39, 0.29) is 5.57 Å². The molecule has 0 aromatic carbocycles. The Bertz CT molecular complexity index is 489. The molecule has 0 aliphatic heterocycles. The number of aliphatic carboxylic acids is 1. The van der Waals surface area contributed by atoms with E-state index in [0.717, 1.165) is 24.8 Å². The fraction of sp³-hybridized carbons (Fsp3) is 0.474. The van der Waals surface area contributed by atoms with Crippen LogP contribution in [0.1, 0.15) is 46.5 Å². The van der Waals surface area contributed by atoms with Crippen LogP contribution in [-0.2, 0) is 9.53 Å². The number of hydrogen-bond acceptors (Lipinski definition) is 2. The second-order valence-corrected chi connectivity index (χ2v) is 5.15. The van der Waals surface area contributed by atoms with Crippen molar-refractivity contribution in [1.29, 1.82) is 0 Å². The van der Waals surface area contributed by atoms with Crippen molar-refractivity contribution in [2.45, 2.75) is 46.5 Å². The van der Waals surface area contributed by atoms with Crippen LogP contribution in [0.4, 0.5) is 0 Å². The van der Waals surface area contributed by atoms with E-state index in [1.165, 1.54) is 7.11 Å². The average Bonchev–Trinajstić information content (AvgIpc) is 2.51. The zero-order valence-electron chi connectivity index (χ0n) is 14.2. The summed E-state index contributed by atoms with van der Waals surface area (Å²) in [4.78, 5) is 11.3. The maximum Gasteiger partial charge on any atom is 0.339 e. The quantitative estimate of drug-likeness (QED) is 0.266. The maximum absolute atomic E-state index is 11.3. The third kappa shape index (κ3) is 7.70. The van der Waals surface area contributed by atoms with Crippen molar-refractivity contribution in [2.75, 3.05) is 7.11 Å². The maximum atomic E-state index is 11.3. The van der Waals surface area contributed by atoms with Crippen LogP contribution in [0.15, 0.2) is 53.5 Å². The van der Waals surface area contributed by atoms with Gasteiger partial charge >= 0.3 is 5.97 Å². The minimum atomic E-state index is -0.952. The Labute approximate surface area is 134 Å². The monoisotopic (exact) mass is 304 g/mol. The van der Waals surface area contributed by atoms with Gasteiger partial charge in [-0.15, -0.1) is 0 Å². The van der Waals surface area contributed by atoms with Crippen LogP contribution in [0.5, 0.6) is 0 Å². The highest BCUT2D eigenvalue weighted by atomic mass is 16.5. The van der Waals surface area contributed by atoms with Gasteiger partial charge < -0.3 is 9.84 Å². The lowest BCUT2D eigenvalue weighted by molar-refractivity contribution is -0.132. The number of ether oxygens (including phenoxy) is 1. The molecule has 1 N–H and O–H groups in total. The molecule has 0 heterocycles. The minimum Gasteiger partial charge on any atom is -0.489 e. The van der Waals surface area contributed by atoms with E-state index in [2.05, 4.69) is 32.2 Å². The summed E-state index contributed by atoms with van der Waals surface area (Å²) in [6.07, 6.45) is 10.7. The van der Waals surface area contributed by atoms with Gasteiger partial charge in [0.1, 0.15) is 0 Å². The lowest BCUT2D eigenvalue weighted by atomic mass is 10.0. The van der Waals surface area contributed by atoms with Crippen molar-refractivity contribution >= 4 is 5.97 Å². The molecule has 0 saturated heterocycles. The van der Waals surface area contributed by atoms with Gasteiger partial charge in [0.25, 0.3) is 0 Å². The molecule has 0 bridgehead atoms. The van der Waals surface area contributed by atoms with Crippen LogP contribution in [0.25, 0.3) is 0 Å². The molecular formula is C19H28O3. The molecule has 1 unspecified atom stereocenters. The lowest BCUT2D eigenvalue weighted by Gasteiger charge is -2.07. The van der Waals surface area contributed by atoms with Gasteiger partial charge in [0.15, 0.2) is 5.76 Å². The van der Waals surface area contributed by atoms with E-state index in [4.69, 9.17) is 4.74 Å². The van der Waals surface area contributed by atoms with Crippen molar-refractivity contribution in [2.24, 2.45) is 5.92 Å². The summed E-state index contributed by atoms with van der Waals surface area (Å²) >= 11 is 0. The predicted molar refractivity (Wildman–Crippen MR) is 91.6 cm³/mol. The number of carbonyl (C=O) groups is 1. The van der Waals surface area contributed by atoms with Crippen LogP contribution in [0.3, 0.4) is 0 Å². The Morgan fingerprint density at radius 1 is 1.41 bits per heavy atom. The number of methoxy groups -OCH3 is 1. The number of unbranched alkanes of at least 4 members (excludes halogenated alkanes) is 1. The van der Waals surface area contributed by atoms with E-state index in [1.807, 2.05) is 13.0 Å².